The van der Waals surface area contributed by atoms with E-state index < -0.39 is 11.4 Å². The van der Waals surface area contributed by atoms with E-state index in [4.69, 9.17) is 16.3 Å². The summed E-state index contributed by atoms with van der Waals surface area (Å²) in [4.78, 5) is 11.9. The normalized spacial score (nSPS) is 14.2. The molecule has 0 aliphatic carbocycles. The molecule has 0 saturated heterocycles. The Balaban J connectivity index is 3.10. The third kappa shape index (κ3) is 2.36. The van der Waals surface area contributed by atoms with Crippen LogP contribution in [0.3, 0.4) is 0 Å². The molecular weight excluding hydrogens is 228 g/mol. The standard InChI is InChI=1S/C12H15ClO3/c1-2-16-11(15)12(8-13,9-14)10-6-4-3-5-7-10/h3-7,14H,2,8-9H2,1H3/t12-/m1/s1. The van der Waals surface area contributed by atoms with Gasteiger partial charge in [-0.05, 0) is 12.5 Å². The van der Waals surface area contributed by atoms with Gasteiger partial charge < -0.3 is 9.84 Å². The van der Waals surface area contributed by atoms with Crippen LogP contribution in [0.2, 0.25) is 0 Å². The predicted molar refractivity (Wildman–Crippen MR) is 62.6 cm³/mol. The van der Waals surface area contributed by atoms with E-state index in [1.165, 1.54) is 0 Å². The number of hydrogen-bond donors (Lipinski definition) is 1. The molecule has 1 aromatic rings. The molecule has 0 heterocycles. The van der Waals surface area contributed by atoms with Crippen molar-refractivity contribution in [1.82, 2.24) is 0 Å². The second-order valence-corrected chi connectivity index (χ2v) is 3.73. The predicted octanol–water partition coefficient (Wildman–Crippen LogP) is 1.72. The quantitative estimate of drug-likeness (QED) is 0.632. The summed E-state index contributed by atoms with van der Waals surface area (Å²) in [5, 5.41) is 9.44. The molecule has 0 amide bonds. The molecule has 0 bridgehead atoms. The molecular formula is C12H15ClO3. The maximum absolute atomic E-state index is 11.9. The fraction of sp³-hybridized carbons (Fsp3) is 0.417. The second kappa shape index (κ2) is 5.87. The van der Waals surface area contributed by atoms with Gasteiger partial charge in [-0.25, -0.2) is 0 Å². The van der Waals surface area contributed by atoms with Gasteiger partial charge in [-0.3, -0.25) is 4.79 Å². The highest BCUT2D eigenvalue weighted by Crippen LogP contribution is 2.27. The van der Waals surface area contributed by atoms with E-state index in [2.05, 4.69) is 0 Å². The number of carbonyl (C=O) groups is 1. The lowest BCUT2D eigenvalue weighted by Crippen LogP contribution is -2.42. The van der Waals surface area contributed by atoms with Crippen LogP contribution < -0.4 is 0 Å². The van der Waals surface area contributed by atoms with Crippen LogP contribution >= 0.6 is 11.6 Å². The number of aliphatic hydroxyl groups excluding tert-OH is 1. The topological polar surface area (TPSA) is 46.5 Å². The first-order valence-electron chi connectivity index (χ1n) is 5.11. The number of esters is 1. The lowest BCUT2D eigenvalue weighted by Gasteiger charge is -2.27. The van der Waals surface area contributed by atoms with Crippen molar-refractivity contribution in [2.45, 2.75) is 12.3 Å². The van der Waals surface area contributed by atoms with Crippen molar-refractivity contribution in [2.24, 2.45) is 0 Å². The lowest BCUT2D eigenvalue weighted by molar-refractivity contribution is -0.150. The Morgan fingerprint density at radius 3 is 2.50 bits per heavy atom. The Morgan fingerprint density at radius 2 is 2.06 bits per heavy atom. The molecule has 0 fully saturated rings. The third-order valence-electron chi connectivity index (χ3n) is 2.49. The summed E-state index contributed by atoms with van der Waals surface area (Å²) in [7, 11) is 0. The second-order valence-electron chi connectivity index (χ2n) is 3.46. The van der Waals surface area contributed by atoms with Gasteiger partial charge >= 0.3 is 5.97 Å². The molecule has 3 nitrogen and oxygen atoms in total. The first-order valence-corrected chi connectivity index (χ1v) is 5.64. The molecule has 1 rings (SSSR count). The summed E-state index contributed by atoms with van der Waals surface area (Å²) in [6.45, 7) is 1.63. The smallest absolute Gasteiger partial charge is 0.320 e. The number of benzene rings is 1. The van der Waals surface area contributed by atoms with Crippen LogP contribution in [-0.4, -0.2) is 30.2 Å². The van der Waals surface area contributed by atoms with Gasteiger partial charge in [-0.15, -0.1) is 11.6 Å². The number of halogens is 1. The highest BCUT2D eigenvalue weighted by molar-refractivity contribution is 6.20. The Kier molecular flexibility index (Phi) is 4.77. The molecule has 1 N–H and O–H groups in total. The molecule has 88 valence electrons. The Hall–Kier alpha value is -1.06. The van der Waals surface area contributed by atoms with Gasteiger partial charge in [0.25, 0.3) is 0 Å². The first kappa shape index (κ1) is 13.0. The van der Waals surface area contributed by atoms with E-state index in [-0.39, 0.29) is 19.1 Å². The van der Waals surface area contributed by atoms with Crippen molar-refractivity contribution in [1.29, 1.82) is 0 Å². The number of aliphatic hydroxyl groups is 1. The van der Waals surface area contributed by atoms with Gasteiger partial charge in [0.15, 0.2) is 0 Å². The SMILES string of the molecule is CCOC(=O)[C@@](CO)(CCl)c1ccccc1. The average Bonchev–Trinajstić information content (AvgIpc) is 2.33. The van der Waals surface area contributed by atoms with Gasteiger partial charge in [-0.1, -0.05) is 30.3 Å². The van der Waals surface area contributed by atoms with Crippen molar-refractivity contribution >= 4 is 17.6 Å². The maximum Gasteiger partial charge on any atom is 0.320 e. The van der Waals surface area contributed by atoms with Gasteiger partial charge in [-0.2, -0.15) is 0 Å². The van der Waals surface area contributed by atoms with E-state index in [0.717, 1.165) is 0 Å². The summed E-state index contributed by atoms with van der Waals surface area (Å²) >= 11 is 5.83. The Morgan fingerprint density at radius 1 is 1.44 bits per heavy atom. The molecule has 0 radical (unpaired) electrons. The molecule has 0 saturated carbocycles. The maximum atomic E-state index is 11.9. The fourth-order valence-corrected chi connectivity index (χ4v) is 1.82. The summed E-state index contributed by atoms with van der Waals surface area (Å²) in [6, 6.07) is 8.95. The Labute approximate surface area is 100.0 Å². The first-order chi connectivity index (χ1) is 7.71. The number of rotatable bonds is 5. The number of carbonyl (C=O) groups excluding carboxylic acids is 1. The molecule has 0 aromatic heterocycles. The molecule has 4 heteroatoms. The average molecular weight is 243 g/mol. The van der Waals surface area contributed by atoms with Gasteiger partial charge in [0.2, 0.25) is 0 Å². The van der Waals surface area contributed by atoms with Crippen LogP contribution in [0.1, 0.15) is 12.5 Å². The monoisotopic (exact) mass is 242 g/mol. The van der Waals surface area contributed by atoms with Gasteiger partial charge in [0, 0.05) is 5.88 Å². The number of ether oxygens (including phenoxy) is 1. The summed E-state index contributed by atoms with van der Waals surface area (Å²) in [5.74, 6) is -0.495. The van der Waals surface area contributed by atoms with Gasteiger partial charge in [0.1, 0.15) is 5.41 Å². The molecule has 1 atom stereocenters. The van der Waals surface area contributed by atoms with Crippen LogP contribution in [0.4, 0.5) is 0 Å². The number of hydrogen-bond acceptors (Lipinski definition) is 3. The van der Waals surface area contributed by atoms with E-state index in [9.17, 15) is 9.90 Å². The summed E-state index contributed by atoms with van der Waals surface area (Å²) in [5.41, 5.74) is -0.482. The summed E-state index contributed by atoms with van der Waals surface area (Å²) < 4.78 is 4.96. The van der Waals surface area contributed by atoms with Crippen molar-refractivity contribution in [3.8, 4) is 0 Å². The van der Waals surface area contributed by atoms with Gasteiger partial charge in [0.05, 0.1) is 13.2 Å². The largest absolute Gasteiger partial charge is 0.465 e. The van der Waals surface area contributed by atoms with Crippen LogP contribution in [0.15, 0.2) is 30.3 Å². The van der Waals surface area contributed by atoms with Crippen molar-refractivity contribution < 1.29 is 14.6 Å². The lowest BCUT2D eigenvalue weighted by atomic mass is 9.83. The van der Waals surface area contributed by atoms with Crippen LogP contribution in [0.25, 0.3) is 0 Å². The molecule has 0 aliphatic rings. The highest BCUT2D eigenvalue weighted by Gasteiger charge is 2.40. The van der Waals surface area contributed by atoms with E-state index in [1.807, 2.05) is 6.07 Å². The van der Waals surface area contributed by atoms with Crippen molar-refractivity contribution in [3.05, 3.63) is 35.9 Å². The molecule has 0 aliphatic heterocycles. The van der Waals surface area contributed by atoms with E-state index in [0.29, 0.717) is 5.56 Å². The molecule has 1 aromatic carbocycles. The molecule has 0 unspecified atom stereocenters. The minimum absolute atomic E-state index is 0.00759. The van der Waals surface area contributed by atoms with Crippen molar-refractivity contribution in [2.75, 3.05) is 19.1 Å². The molecule has 16 heavy (non-hydrogen) atoms. The van der Waals surface area contributed by atoms with E-state index in [1.54, 1.807) is 31.2 Å². The van der Waals surface area contributed by atoms with Crippen LogP contribution in [0, 0.1) is 0 Å². The number of alkyl halides is 1. The fourth-order valence-electron chi connectivity index (χ4n) is 1.47. The highest BCUT2D eigenvalue weighted by atomic mass is 35.5. The van der Waals surface area contributed by atoms with Crippen LogP contribution in [-0.2, 0) is 14.9 Å². The van der Waals surface area contributed by atoms with Crippen LogP contribution in [0.5, 0.6) is 0 Å². The van der Waals surface area contributed by atoms with E-state index >= 15 is 0 Å². The Bertz CT molecular complexity index is 333. The summed E-state index contributed by atoms with van der Waals surface area (Å²) in [6.07, 6.45) is 0. The minimum Gasteiger partial charge on any atom is -0.465 e. The van der Waals surface area contributed by atoms with Crippen molar-refractivity contribution in [3.63, 3.8) is 0 Å². The zero-order valence-corrected chi connectivity index (χ0v) is 9.91. The zero-order valence-electron chi connectivity index (χ0n) is 9.15. The zero-order chi connectivity index (χ0) is 12.0. The molecule has 0 spiro atoms. The minimum atomic E-state index is -1.15. The third-order valence-corrected chi connectivity index (χ3v) is 2.95.